The van der Waals surface area contributed by atoms with Crippen LogP contribution < -0.4 is 8.79 Å². The Bertz CT molecular complexity index is 1610. The molecule has 1 aliphatic heterocycles. The molecule has 0 aliphatic carbocycles. The molecule has 0 N–H and O–H groups in total. The average Bonchev–Trinajstić information content (AvgIpc) is 2.90. The summed E-state index contributed by atoms with van der Waals surface area (Å²) in [6.07, 6.45) is 2.67. The molecule has 0 radical (unpaired) electrons. The zero-order chi connectivity index (χ0) is 43.7. The molecule has 2 aromatic rings. The van der Waals surface area contributed by atoms with E-state index in [2.05, 4.69) is 214 Å². The van der Waals surface area contributed by atoms with Crippen molar-refractivity contribution in [2.75, 3.05) is 0 Å². The quantitative estimate of drug-likeness (QED) is 0.134. The Kier molecular flexibility index (Phi) is 15.6. The Morgan fingerprint density at radius 3 is 1.04 bits per heavy atom. The van der Waals surface area contributed by atoms with Gasteiger partial charge < -0.3 is 0 Å². The summed E-state index contributed by atoms with van der Waals surface area (Å²) in [5, 5.41) is 3.98. The Labute approximate surface area is 362 Å². The van der Waals surface area contributed by atoms with E-state index >= 15 is 0 Å². The standard InChI is InChI=1S/C48H92GeSSi6/c1-33(2)38-28-40(34(3)4)44(41(29-38)35(5)6)49(32-36(7)27-37(8)50-49)45-42(47(53(15,16)17)54(18,19)20)30-39(46(51(9,10)11)52(12,13)14)31-43(45)48(55(21,22)23)56(24,25)26/h27-31,33-35,37,46-48H,32H2,1-26H3. The molecule has 56 heavy (non-hydrogen) atoms. The van der Waals surface area contributed by atoms with E-state index in [0.717, 1.165) is 5.16 Å². The molecule has 0 amide bonds. The summed E-state index contributed by atoms with van der Waals surface area (Å²) >= 11 is -3.39. The predicted octanol–water partition coefficient (Wildman–Crippen LogP) is 15.7. The Balaban J connectivity index is 3.06. The van der Waals surface area contributed by atoms with Crippen molar-refractivity contribution < 1.29 is 0 Å². The summed E-state index contributed by atoms with van der Waals surface area (Å²) in [5.74, 6) is 1.52. The third-order valence-electron chi connectivity index (χ3n) is 12.7. The molecule has 3 rings (SSSR count). The fourth-order valence-electron chi connectivity index (χ4n) is 12.7. The third-order valence-corrected chi connectivity index (χ3v) is 57.3. The number of rotatable bonds is 14. The van der Waals surface area contributed by atoms with E-state index < -0.39 is 60.6 Å². The fraction of sp³-hybridized carbons (Fsp3) is 0.708. The van der Waals surface area contributed by atoms with Crippen molar-refractivity contribution in [3.63, 3.8) is 0 Å². The number of hydrogen-bond acceptors (Lipinski definition) is 1. The van der Waals surface area contributed by atoms with Crippen LogP contribution >= 0.6 is 10.1 Å². The molecule has 0 bridgehead atoms. The number of allylic oxidation sites excluding steroid dienone is 1. The fourth-order valence-corrected chi connectivity index (χ4v) is 72.8. The monoisotopic (exact) mass is 942 g/mol. The second-order valence-electron chi connectivity index (χ2n) is 25.9. The number of hydrogen-bond donors (Lipinski definition) is 0. The molecule has 2 aromatic carbocycles. The second-order valence-corrected chi connectivity index (χ2v) is 71.9. The van der Waals surface area contributed by atoms with E-state index in [1.54, 1.807) is 27.8 Å². The Morgan fingerprint density at radius 2 is 0.768 bits per heavy atom. The van der Waals surface area contributed by atoms with Crippen molar-refractivity contribution >= 4 is 79.4 Å². The van der Waals surface area contributed by atoms with Crippen LogP contribution in [0, 0.1) is 0 Å². The molecular formula is C48H92GeSSi6. The van der Waals surface area contributed by atoms with E-state index in [1.807, 2.05) is 19.9 Å². The van der Waals surface area contributed by atoms with Gasteiger partial charge in [-0.05, 0) is 0 Å². The minimum absolute atomic E-state index is 0.495. The van der Waals surface area contributed by atoms with Crippen molar-refractivity contribution in [2.24, 2.45) is 0 Å². The molecule has 1 heterocycles. The van der Waals surface area contributed by atoms with E-state index in [0.29, 0.717) is 33.3 Å². The van der Waals surface area contributed by atoms with E-state index in [-0.39, 0.29) is 0 Å². The first-order chi connectivity index (χ1) is 24.9. The SMILES string of the molecule is CC1=CC(C)[S][Ge]([c]2c(C(C)C)cc(C(C)C)cc2C(C)C)([c]2c(C([Si](C)(C)C)[Si](C)(C)C)cc(C([Si](C)(C)C)[Si](C)(C)C)cc2C([Si](C)(C)C)[Si](C)(C)C)[CH2]1. The van der Waals surface area contributed by atoms with Crippen LogP contribution in [0.15, 0.2) is 35.9 Å². The molecule has 0 spiro atoms. The van der Waals surface area contributed by atoms with Gasteiger partial charge in [-0.25, -0.2) is 0 Å². The van der Waals surface area contributed by atoms with Gasteiger partial charge in [0.2, 0.25) is 0 Å². The summed E-state index contributed by atoms with van der Waals surface area (Å²) < 4.78 is 3.90. The van der Waals surface area contributed by atoms with Crippen LogP contribution in [-0.4, -0.2) is 65.8 Å². The van der Waals surface area contributed by atoms with Gasteiger partial charge in [0.05, 0.1) is 0 Å². The topological polar surface area (TPSA) is 0 Å². The van der Waals surface area contributed by atoms with Crippen molar-refractivity contribution in [1.29, 1.82) is 0 Å². The van der Waals surface area contributed by atoms with Gasteiger partial charge in [0.1, 0.15) is 0 Å². The number of benzene rings is 2. The zero-order valence-electron chi connectivity index (χ0n) is 42.0. The van der Waals surface area contributed by atoms with E-state index in [9.17, 15) is 0 Å². The van der Waals surface area contributed by atoms with Crippen molar-refractivity contribution in [2.45, 2.75) is 217 Å². The van der Waals surface area contributed by atoms with Gasteiger partial charge in [-0.1, -0.05) is 0 Å². The predicted molar refractivity (Wildman–Crippen MR) is 284 cm³/mol. The average molecular weight is 942 g/mol. The Hall–Kier alpha value is 0.374. The summed E-state index contributed by atoms with van der Waals surface area (Å²) in [5.41, 5.74) is 12.2. The summed E-state index contributed by atoms with van der Waals surface area (Å²) in [6.45, 7) is 69.4. The minimum atomic E-state index is -3.39. The first-order valence-electron chi connectivity index (χ1n) is 22.6. The maximum atomic E-state index is 3.02. The summed E-state index contributed by atoms with van der Waals surface area (Å²) in [4.78, 5) is 0. The second kappa shape index (κ2) is 17.3. The van der Waals surface area contributed by atoms with E-state index in [4.69, 9.17) is 0 Å². The molecule has 0 fully saturated rings. The Morgan fingerprint density at radius 1 is 0.464 bits per heavy atom. The van der Waals surface area contributed by atoms with Gasteiger partial charge >= 0.3 is 366 Å². The van der Waals surface area contributed by atoms with Gasteiger partial charge in [0, 0.05) is 0 Å². The van der Waals surface area contributed by atoms with Gasteiger partial charge in [0.25, 0.3) is 0 Å². The van der Waals surface area contributed by atoms with Crippen LogP contribution in [0.5, 0.6) is 0 Å². The molecule has 2 atom stereocenters. The molecule has 0 saturated heterocycles. The molecule has 0 saturated carbocycles. The molecule has 318 valence electrons. The molecule has 0 nitrogen and oxygen atoms in total. The molecule has 1 aliphatic rings. The van der Waals surface area contributed by atoms with Crippen LogP contribution in [0.4, 0.5) is 0 Å². The van der Waals surface area contributed by atoms with Crippen molar-refractivity contribution in [3.8, 4) is 0 Å². The van der Waals surface area contributed by atoms with Crippen molar-refractivity contribution in [3.05, 3.63) is 69.3 Å². The van der Waals surface area contributed by atoms with Gasteiger partial charge in [-0.2, -0.15) is 0 Å². The molecule has 0 aromatic heterocycles. The van der Waals surface area contributed by atoms with Crippen LogP contribution in [0.3, 0.4) is 0 Å². The van der Waals surface area contributed by atoms with Crippen LogP contribution in [0.1, 0.15) is 122 Å². The summed E-state index contributed by atoms with van der Waals surface area (Å²) in [7, 11) is -7.44. The maximum absolute atomic E-state index is 3.39. The van der Waals surface area contributed by atoms with Crippen LogP contribution in [-0.2, 0) is 0 Å². The normalized spacial score (nSPS) is 19.7. The first kappa shape index (κ1) is 50.7. The van der Waals surface area contributed by atoms with Crippen LogP contribution in [0.25, 0.3) is 0 Å². The first-order valence-corrected chi connectivity index (χ1v) is 51.1. The molecule has 8 heteroatoms. The van der Waals surface area contributed by atoms with E-state index in [1.165, 1.54) is 5.25 Å². The van der Waals surface area contributed by atoms with Crippen molar-refractivity contribution in [1.82, 2.24) is 0 Å². The van der Waals surface area contributed by atoms with Gasteiger partial charge in [-0.3, -0.25) is 0 Å². The van der Waals surface area contributed by atoms with Gasteiger partial charge in [-0.15, -0.1) is 0 Å². The third kappa shape index (κ3) is 11.1. The van der Waals surface area contributed by atoms with Gasteiger partial charge in [0.15, 0.2) is 0 Å². The summed E-state index contributed by atoms with van der Waals surface area (Å²) in [6, 6.07) is 11.5. The zero-order valence-corrected chi connectivity index (χ0v) is 51.0. The van der Waals surface area contributed by atoms with Crippen LogP contribution in [0.2, 0.25) is 123 Å². The molecule has 2 unspecified atom stereocenters. The molecular weight excluding hydrogens is 850 g/mol.